The van der Waals surface area contributed by atoms with E-state index in [1.165, 1.54) is 0 Å². The van der Waals surface area contributed by atoms with E-state index in [4.69, 9.17) is 19.9 Å². The lowest BCUT2D eigenvalue weighted by Gasteiger charge is -2.42. The Morgan fingerprint density at radius 3 is 2.47 bits per heavy atom. The quantitative estimate of drug-likeness (QED) is 0.146. The average Bonchev–Trinajstić information content (AvgIpc) is 2.95. The monoisotopic (exact) mass is 603 g/mol. The van der Waals surface area contributed by atoms with Crippen molar-refractivity contribution in [2.24, 2.45) is 29.4 Å². The molecular weight excluding hydrogens is 550 g/mol. The van der Waals surface area contributed by atoms with Crippen LogP contribution in [-0.2, 0) is 23.8 Å². The van der Waals surface area contributed by atoms with E-state index in [0.29, 0.717) is 32.1 Å². The summed E-state index contributed by atoms with van der Waals surface area (Å²) in [6.07, 6.45) is 11.0. The highest BCUT2D eigenvalue weighted by Crippen LogP contribution is 2.37. The first-order valence-electron chi connectivity index (χ1n) is 15.6. The van der Waals surface area contributed by atoms with Crippen molar-refractivity contribution in [3.8, 4) is 0 Å². The van der Waals surface area contributed by atoms with E-state index >= 15 is 0 Å². The summed E-state index contributed by atoms with van der Waals surface area (Å²) >= 11 is 0. The summed E-state index contributed by atoms with van der Waals surface area (Å²) in [6, 6.07) is 0. The number of cyclic esters (lactones) is 2. The first-order chi connectivity index (χ1) is 20.2. The maximum Gasteiger partial charge on any atom is 0.405 e. The second-order valence-electron chi connectivity index (χ2n) is 12.4. The van der Waals surface area contributed by atoms with Gasteiger partial charge in [-0.1, -0.05) is 70.6 Å². The van der Waals surface area contributed by atoms with E-state index < -0.39 is 35.9 Å². The van der Waals surface area contributed by atoms with Crippen molar-refractivity contribution in [1.29, 1.82) is 0 Å². The number of allylic oxidation sites excluding steroid dienone is 4. The number of amides is 1. The minimum absolute atomic E-state index is 0.00127. The summed E-state index contributed by atoms with van der Waals surface area (Å²) in [6.45, 7) is 13.4. The SMILES string of the molecule is CC[C@@H]1OC(=O)C[C@@](O)(CCC/C=C(\C)[C@H]2OC(=O)CC/C=C(\C)[C@@H](C)[C@H](O)[C@H](C)[C@@H](OC(N)=O)/C=C\C=C/[C@@H]2C)[C@H]1C. The Morgan fingerprint density at radius 1 is 1.14 bits per heavy atom. The zero-order valence-corrected chi connectivity index (χ0v) is 27.0. The first kappa shape index (κ1) is 36.3. The van der Waals surface area contributed by atoms with Crippen molar-refractivity contribution in [1.82, 2.24) is 0 Å². The van der Waals surface area contributed by atoms with Gasteiger partial charge in [-0.15, -0.1) is 0 Å². The van der Waals surface area contributed by atoms with Crippen molar-refractivity contribution in [2.75, 3.05) is 0 Å². The molecule has 9 heteroatoms. The summed E-state index contributed by atoms with van der Waals surface area (Å²) in [4.78, 5) is 36.5. The summed E-state index contributed by atoms with van der Waals surface area (Å²) in [5.74, 6) is -1.63. The third-order valence-electron chi connectivity index (χ3n) is 9.19. The molecule has 0 aromatic heterocycles. The summed E-state index contributed by atoms with van der Waals surface area (Å²) in [7, 11) is 0. The number of hydrogen-bond donors (Lipinski definition) is 3. The highest BCUT2D eigenvalue weighted by molar-refractivity contribution is 5.72. The molecule has 4 N–H and O–H groups in total. The third kappa shape index (κ3) is 10.6. The number of carbonyl (C=O) groups excluding carboxylic acids is 3. The number of ether oxygens (including phenoxy) is 3. The molecule has 2 heterocycles. The zero-order valence-electron chi connectivity index (χ0n) is 27.0. The van der Waals surface area contributed by atoms with Crippen LogP contribution in [0.3, 0.4) is 0 Å². The largest absolute Gasteiger partial charge is 0.462 e. The second-order valence-corrected chi connectivity index (χ2v) is 12.4. The Morgan fingerprint density at radius 2 is 1.81 bits per heavy atom. The molecule has 0 saturated carbocycles. The Balaban J connectivity index is 2.23. The van der Waals surface area contributed by atoms with Crippen LogP contribution in [0.5, 0.6) is 0 Å². The summed E-state index contributed by atoms with van der Waals surface area (Å²) in [5.41, 5.74) is 6.04. The van der Waals surface area contributed by atoms with Crippen molar-refractivity contribution in [3.05, 3.63) is 47.6 Å². The fourth-order valence-electron chi connectivity index (χ4n) is 5.98. The maximum absolute atomic E-state index is 12.9. The number of nitrogens with two attached hydrogens (primary N) is 1. The minimum Gasteiger partial charge on any atom is -0.462 e. The molecule has 2 aliphatic heterocycles. The van der Waals surface area contributed by atoms with Crippen molar-refractivity contribution < 1.29 is 38.8 Å². The molecule has 1 fully saturated rings. The van der Waals surface area contributed by atoms with E-state index in [1.54, 1.807) is 18.2 Å². The molecule has 0 spiro atoms. The average molecular weight is 604 g/mol. The molecule has 2 rings (SSSR count). The van der Waals surface area contributed by atoms with Crippen LogP contribution in [0.1, 0.15) is 93.4 Å². The Labute approximate surface area is 257 Å². The normalized spacial score (nSPS) is 37.8. The van der Waals surface area contributed by atoms with Gasteiger partial charge in [0.25, 0.3) is 0 Å². The van der Waals surface area contributed by atoms with Crippen LogP contribution >= 0.6 is 0 Å². The first-order valence-corrected chi connectivity index (χ1v) is 15.6. The Hall–Kier alpha value is -2.91. The molecule has 242 valence electrons. The van der Waals surface area contributed by atoms with Gasteiger partial charge >= 0.3 is 18.0 Å². The summed E-state index contributed by atoms with van der Waals surface area (Å²) < 4.78 is 16.7. The van der Waals surface area contributed by atoms with Crippen molar-refractivity contribution in [3.63, 3.8) is 0 Å². The number of hydrogen-bond acceptors (Lipinski definition) is 8. The van der Waals surface area contributed by atoms with Gasteiger partial charge in [-0.3, -0.25) is 9.59 Å². The molecule has 9 nitrogen and oxygen atoms in total. The standard InChI is InChI=1S/C34H53NO8/c1-8-27-26(7)34(40,20-30(37)41-27)19-12-11-15-23(4)32-22(3)14-9-10-17-28(42-33(35)39)25(6)31(38)24(5)21(2)16-13-18-29(36)43-32/h9-10,14-17,22,24-28,31-32,38,40H,8,11-13,18-20H2,1-7H3,(H2,35,39)/b14-9-,17-10-,21-16+,23-15+/t22-,24+,25+,26-,27-,28-,31-,32-,34-/m0/s1. The molecule has 2 aliphatic rings. The number of primary amides is 1. The Kier molecular flexibility index (Phi) is 14.2. The van der Waals surface area contributed by atoms with Gasteiger partial charge in [-0.2, -0.15) is 0 Å². The molecule has 9 atom stereocenters. The Bertz CT molecular complexity index is 1080. The number of aliphatic hydroxyl groups excluding tert-OH is 1. The molecule has 0 aliphatic carbocycles. The van der Waals surface area contributed by atoms with Gasteiger partial charge in [0.15, 0.2) is 0 Å². The van der Waals surface area contributed by atoms with E-state index in [9.17, 15) is 24.6 Å². The topological polar surface area (TPSA) is 145 Å². The van der Waals surface area contributed by atoms with E-state index in [-0.39, 0.29) is 48.6 Å². The van der Waals surface area contributed by atoms with Gasteiger partial charge in [-0.05, 0) is 57.6 Å². The van der Waals surface area contributed by atoms with Crippen LogP contribution in [0.25, 0.3) is 0 Å². The molecular formula is C34H53NO8. The lowest BCUT2D eigenvalue weighted by atomic mass is 9.76. The number of esters is 2. The smallest absolute Gasteiger partial charge is 0.405 e. The van der Waals surface area contributed by atoms with Crippen LogP contribution in [0.4, 0.5) is 4.79 Å². The van der Waals surface area contributed by atoms with Crippen molar-refractivity contribution >= 4 is 18.0 Å². The fraction of sp³-hybridized carbons (Fsp3) is 0.676. The molecule has 1 saturated heterocycles. The fourth-order valence-corrected chi connectivity index (χ4v) is 5.98. The van der Waals surface area contributed by atoms with E-state index in [0.717, 1.165) is 11.1 Å². The molecule has 1 amide bonds. The van der Waals surface area contributed by atoms with Crippen LogP contribution in [0, 0.1) is 23.7 Å². The second kappa shape index (κ2) is 16.8. The number of unbranched alkanes of at least 4 members (excludes halogenated alkanes) is 1. The molecule has 0 bridgehead atoms. The van der Waals surface area contributed by atoms with E-state index in [1.807, 2.05) is 66.7 Å². The number of rotatable bonds is 7. The van der Waals surface area contributed by atoms with Crippen LogP contribution in [0.2, 0.25) is 0 Å². The maximum atomic E-state index is 12.9. The third-order valence-corrected chi connectivity index (χ3v) is 9.19. The van der Waals surface area contributed by atoms with Crippen LogP contribution < -0.4 is 5.73 Å². The van der Waals surface area contributed by atoms with Crippen LogP contribution in [-0.4, -0.2) is 58.3 Å². The lowest BCUT2D eigenvalue weighted by Crippen LogP contribution is -2.50. The molecule has 0 aromatic carbocycles. The number of carbonyl (C=O) groups is 3. The predicted octanol–water partition coefficient (Wildman–Crippen LogP) is 5.69. The molecule has 43 heavy (non-hydrogen) atoms. The number of aliphatic hydroxyl groups is 2. The van der Waals surface area contributed by atoms with Gasteiger partial charge < -0.3 is 30.2 Å². The van der Waals surface area contributed by atoms with Gasteiger partial charge in [0.05, 0.1) is 18.1 Å². The van der Waals surface area contributed by atoms with Gasteiger partial charge in [-0.25, -0.2) is 4.79 Å². The van der Waals surface area contributed by atoms with E-state index in [2.05, 4.69) is 0 Å². The highest BCUT2D eigenvalue weighted by Gasteiger charge is 2.45. The molecule has 0 aromatic rings. The summed E-state index contributed by atoms with van der Waals surface area (Å²) in [5, 5.41) is 22.2. The predicted molar refractivity (Wildman–Crippen MR) is 166 cm³/mol. The molecule has 0 unspecified atom stereocenters. The minimum atomic E-state index is -1.10. The molecule has 0 radical (unpaired) electrons. The van der Waals surface area contributed by atoms with Gasteiger partial charge in [0.1, 0.15) is 18.3 Å². The van der Waals surface area contributed by atoms with Crippen molar-refractivity contribution in [2.45, 2.75) is 123 Å². The lowest BCUT2D eigenvalue weighted by molar-refractivity contribution is -0.184. The van der Waals surface area contributed by atoms with Crippen LogP contribution in [0.15, 0.2) is 47.6 Å². The highest BCUT2D eigenvalue weighted by atomic mass is 16.6. The zero-order chi connectivity index (χ0) is 32.3. The van der Waals surface area contributed by atoms with Gasteiger partial charge in [0.2, 0.25) is 0 Å². The van der Waals surface area contributed by atoms with Gasteiger partial charge in [0, 0.05) is 30.1 Å².